The van der Waals surface area contributed by atoms with E-state index in [0.717, 1.165) is 45.1 Å². The molecule has 0 aliphatic rings. The molecule has 4 heteroatoms. The Labute approximate surface area is 132 Å². The second-order valence-corrected chi connectivity index (χ2v) is 9.33. The minimum absolute atomic E-state index is 0.774. The van der Waals surface area contributed by atoms with Crippen LogP contribution in [0.25, 0.3) is 0 Å². The van der Waals surface area contributed by atoms with Gasteiger partial charge < -0.3 is 9.05 Å². The first kappa shape index (κ1) is 20.6. The zero-order valence-electron chi connectivity index (χ0n) is 13.9. The molecule has 0 spiro atoms. The van der Waals surface area contributed by atoms with E-state index in [1.54, 1.807) is 0 Å². The standard InChI is InChI=1S/C16H35O2PS/c1-4-7-10-11-12-13-16-19(20,17-14-8-5-2)18-15-9-6-3/h4-16H2,1-3H3. The summed E-state index contributed by atoms with van der Waals surface area (Å²) >= 11 is 5.70. The molecule has 0 aromatic rings. The number of hydrogen-bond acceptors (Lipinski definition) is 3. The van der Waals surface area contributed by atoms with Gasteiger partial charge in [-0.2, -0.15) is 0 Å². The second kappa shape index (κ2) is 14.5. The molecule has 0 amide bonds. The third-order valence-electron chi connectivity index (χ3n) is 3.36. The van der Waals surface area contributed by atoms with Crippen LogP contribution in [0.3, 0.4) is 0 Å². The van der Waals surface area contributed by atoms with Gasteiger partial charge in [0.1, 0.15) is 0 Å². The maximum atomic E-state index is 5.95. The summed E-state index contributed by atoms with van der Waals surface area (Å²) in [6.07, 6.45) is 13.2. The number of unbranched alkanes of at least 4 members (excludes halogenated alkanes) is 7. The van der Waals surface area contributed by atoms with Crippen LogP contribution in [0.4, 0.5) is 0 Å². The molecule has 0 saturated carbocycles. The van der Waals surface area contributed by atoms with Gasteiger partial charge in [0.05, 0.1) is 13.2 Å². The van der Waals surface area contributed by atoms with Gasteiger partial charge in [0.25, 0.3) is 0 Å². The lowest BCUT2D eigenvalue weighted by Crippen LogP contribution is -2.03. The zero-order valence-corrected chi connectivity index (χ0v) is 15.6. The maximum Gasteiger partial charge on any atom is 0.188 e. The van der Waals surface area contributed by atoms with E-state index in [4.69, 9.17) is 20.9 Å². The van der Waals surface area contributed by atoms with Crippen LogP contribution < -0.4 is 0 Å². The lowest BCUT2D eigenvalue weighted by Gasteiger charge is -2.22. The Kier molecular flexibility index (Phi) is 14.9. The molecular formula is C16H35O2PS. The fourth-order valence-corrected chi connectivity index (χ4v) is 4.54. The molecule has 0 heterocycles. The number of hydrogen-bond donors (Lipinski definition) is 0. The normalized spacial score (nSPS) is 11.9. The van der Waals surface area contributed by atoms with E-state index in [2.05, 4.69) is 20.8 Å². The summed E-state index contributed by atoms with van der Waals surface area (Å²) < 4.78 is 11.9. The van der Waals surface area contributed by atoms with Crippen molar-refractivity contribution in [1.82, 2.24) is 0 Å². The van der Waals surface area contributed by atoms with Gasteiger partial charge >= 0.3 is 0 Å². The van der Waals surface area contributed by atoms with E-state index in [9.17, 15) is 0 Å². The van der Waals surface area contributed by atoms with Gasteiger partial charge in [-0.25, -0.2) is 0 Å². The predicted octanol–water partition coefficient (Wildman–Crippen LogP) is 6.29. The van der Waals surface area contributed by atoms with Crippen LogP contribution in [-0.2, 0) is 20.9 Å². The third-order valence-corrected chi connectivity index (χ3v) is 6.55. The molecule has 0 bridgehead atoms. The van der Waals surface area contributed by atoms with E-state index >= 15 is 0 Å². The molecular weight excluding hydrogens is 287 g/mol. The highest BCUT2D eigenvalue weighted by Gasteiger charge is 2.18. The van der Waals surface area contributed by atoms with Crippen molar-refractivity contribution in [2.45, 2.75) is 85.0 Å². The Balaban J connectivity index is 3.93. The average Bonchev–Trinajstić information content (AvgIpc) is 2.43. The molecule has 0 atom stereocenters. The van der Waals surface area contributed by atoms with Gasteiger partial charge in [0, 0.05) is 6.16 Å². The molecule has 2 nitrogen and oxygen atoms in total. The van der Waals surface area contributed by atoms with Crippen molar-refractivity contribution in [2.75, 3.05) is 19.4 Å². The van der Waals surface area contributed by atoms with Crippen LogP contribution in [0, 0.1) is 0 Å². The Morgan fingerprint density at radius 3 is 1.60 bits per heavy atom. The summed E-state index contributed by atoms with van der Waals surface area (Å²) in [6.45, 7) is 6.16. The Hall–Kier alpha value is 0.570. The van der Waals surface area contributed by atoms with Crippen LogP contribution in [-0.4, -0.2) is 19.4 Å². The molecule has 122 valence electrons. The lowest BCUT2D eigenvalue weighted by atomic mass is 10.1. The van der Waals surface area contributed by atoms with E-state index in [1.807, 2.05) is 0 Å². The predicted molar refractivity (Wildman–Crippen MR) is 94.2 cm³/mol. The zero-order chi connectivity index (χ0) is 15.1. The molecule has 0 aromatic heterocycles. The van der Waals surface area contributed by atoms with Gasteiger partial charge in [-0.1, -0.05) is 65.7 Å². The van der Waals surface area contributed by atoms with Gasteiger partial charge in [-0.15, -0.1) is 0 Å². The molecule has 0 saturated heterocycles. The summed E-state index contributed by atoms with van der Waals surface area (Å²) in [4.78, 5) is 0. The van der Waals surface area contributed by atoms with Crippen molar-refractivity contribution in [2.24, 2.45) is 0 Å². The van der Waals surface area contributed by atoms with Gasteiger partial charge in [0.15, 0.2) is 6.49 Å². The van der Waals surface area contributed by atoms with Crippen molar-refractivity contribution in [3.63, 3.8) is 0 Å². The SMILES string of the molecule is CCCCCCCCP(=S)(OCCCC)OCCCC. The summed E-state index contributed by atoms with van der Waals surface area (Å²) in [6, 6.07) is 0. The van der Waals surface area contributed by atoms with E-state index in [1.165, 1.54) is 38.5 Å². The second-order valence-electron chi connectivity index (χ2n) is 5.48. The van der Waals surface area contributed by atoms with Gasteiger partial charge in [-0.3, -0.25) is 0 Å². The molecule has 0 radical (unpaired) electrons. The highest BCUT2D eigenvalue weighted by molar-refractivity contribution is 8.09. The Morgan fingerprint density at radius 1 is 0.650 bits per heavy atom. The molecule has 0 aliphatic carbocycles. The quantitative estimate of drug-likeness (QED) is 0.261. The molecule has 0 rings (SSSR count). The average molecular weight is 322 g/mol. The molecule has 0 aromatic carbocycles. The first-order valence-corrected chi connectivity index (χ1v) is 11.4. The van der Waals surface area contributed by atoms with Crippen molar-refractivity contribution in [3.05, 3.63) is 0 Å². The summed E-state index contributed by atoms with van der Waals surface area (Å²) in [5.41, 5.74) is 0. The van der Waals surface area contributed by atoms with E-state index < -0.39 is 6.49 Å². The smallest absolute Gasteiger partial charge is 0.188 e. The maximum absolute atomic E-state index is 5.95. The highest BCUT2D eigenvalue weighted by Crippen LogP contribution is 2.49. The van der Waals surface area contributed by atoms with Crippen molar-refractivity contribution >= 4 is 18.3 Å². The fourth-order valence-electron chi connectivity index (χ4n) is 1.95. The monoisotopic (exact) mass is 322 g/mol. The first-order chi connectivity index (χ1) is 9.68. The topological polar surface area (TPSA) is 18.5 Å². The Bertz CT molecular complexity index is 233. The van der Waals surface area contributed by atoms with Crippen LogP contribution in [0.5, 0.6) is 0 Å². The first-order valence-electron chi connectivity index (χ1n) is 8.56. The minimum atomic E-state index is -2.00. The summed E-state index contributed by atoms with van der Waals surface area (Å²) in [5.74, 6) is 0. The highest BCUT2D eigenvalue weighted by atomic mass is 32.5. The number of rotatable bonds is 15. The largest absolute Gasteiger partial charge is 0.329 e. The van der Waals surface area contributed by atoms with E-state index in [-0.39, 0.29) is 0 Å². The van der Waals surface area contributed by atoms with Gasteiger partial charge in [0.2, 0.25) is 0 Å². The molecule has 0 N–H and O–H groups in total. The molecule has 20 heavy (non-hydrogen) atoms. The Morgan fingerprint density at radius 2 is 1.10 bits per heavy atom. The van der Waals surface area contributed by atoms with Gasteiger partial charge in [-0.05, 0) is 31.1 Å². The van der Waals surface area contributed by atoms with Crippen molar-refractivity contribution < 1.29 is 9.05 Å². The van der Waals surface area contributed by atoms with Crippen molar-refractivity contribution in [3.8, 4) is 0 Å². The molecule has 0 fully saturated rings. The van der Waals surface area contributed by atoms with Crippen LogP contribution in [0.2, 0.25) is 0 Å². The summed E-state index contributed by atoms with van der Waals surface area (Å²) in [5, 5.41) is 0. The fraction of sp³-hybridized carbons (Fsp3) is 1.00. The van der Waals surface area contributed by atoms with Crippen LogP contribution in [0.15, 0.2) is 0 Å². The molecule has 0 unspecified atom stereocenters. The van der Waals surface area contributed by atoms with Crippen molar-refractivity contribution in [1.29, 1.82) is 0 Å². The minimum Gasteiger partial charge on any atom is -0.329 e. The van der Waals surface area contributed by atoms with E-state index in [0.29, 0.717) is 0 Å². The lowest BCUT2D eigenvalue weighted by molar-refractivity contribution is 0.240. The van der Waals surface area contributed by atoms with Crippen LogP contribution >= 0.6 is 6.49 Å². The summed E-state index contributed by atoms with van der Waals surface area (Å²) in [7, 11) is 0. The molecule has 0 aliphatic heterocycles. The van der Waals surface area contributed by atoms with Crippen LogP contribution in [0.1, 0.15) is 85.0 Å². The third kappa shape index (κ3) is 12.3.